The molecule has 0 aliphatic carbocycles. The molecule has 0 N–H and O–H groups in total. The van der Waals surface area contributed by atoms with Crippen LogP contribution in [0.2, 0.25) is 0 Å². The normalized spacial score (nSPS) is 13.6. The lowest BCUT2D eigenvalue weighted by molar-refractivity contribution is 0.0228. The predicted octanol–water partition coefficient (Wildman–Crippen LogP) is 5.42. The van der Waals surface area contributed by atoms with Crippen molar-refractivity contribution in [1.82, 2.24) is 24.7 Å². The molecule has 5 rings (SSSR count). The molecule has 13 nitrogen and oxygen atoms in total. The van der Waals surface area contributed by atoms with Crippen LogP contribution >= 0.6 is 0 Å². The first-order valence-electron chi connectivity index (χ1n) is 18.8. The zero-order valence-electron chi connectivity index (χ0n) is 34.1. The maximum atomic E-state index is 13.5. The van der Waals surface area contributed by atoms with Gasteiger partial charge in [0.15, 0.2) is 0 Å². The summed E-state index contributed by atoms with van der Waals surface area (Å²) < 4.78 is 26.3. The molecule has 0 unspecified atom stereocenters. The molecule has 0 saturated carbocycles. The van der Waals surface area contributed by atoms with Crippen LogP contribution in [0.1, 0.15) is 75.4 Å². The first-order chi connectivity index (χ1) is 27.8. The molecule has 0 radical (unpaired) electrons. The monoisotopic (exact) mass is 787 g/mol. The van der Waals surface area contributed by atoms with Gasteiger partial charge in [-0.05, 0) is 93.6 Å². The van der Waals surface area contributed by atoms with Gasteiger partial charge in [-0.1, -0.05) is 23.7 Å². The molecule has 3 heterocycles. The number of aromatic nitrogens is 2. The Hall–Kier alpha value is -6.41. The van der Waals surface area contributed by atoms with Gasteiger partial charge in [-0.2, -0.15) is 0 Å². The molecule has 1 amide bonds. The summed E-state index contributed by atoms with van der Waals surface area (Å²) in [5.74, 6) is 12.9. The van der Waals surface area contributed by atoms with Crippen LogP contribution in [0.15, 0.2) is 72.8 Å². The van der Waals surface area contributed by atoms with Gasteiger partial charge in [-0.25, -0.2) is 24.4 Å². The molecule has 2 aromatic heterocycles. The molecule has 0 spiro atoms. The zero-order valence-corrected chi connectivity index (χ0v) is 34.1. The van der Waals surface area contributed by atoms with E-state index in [0.717, 1.165) is 22.6 Å². The first kappa shape index (κ1) is 42.7. The van der Waals surface area contributed by atoms with Crippen molar-refractivity contribution < 1.29 is 38.1 Å². The lowest BCUT2D eigenvalue weighted by atomic mass is 10.1. The fourth-order valence-electron chi connectivity index (χ4n) is 5.96. The number of amides is 1. The van der Waals surface area contributed by atoms with Crippen LogP contribution in [0.25, 0.3) is 0 Å². The molecular formula is C45H49N5O8. The molecule has 4 aromatic rings. The average molecular weight is 788 g/mol. The van der Waals surface area contributed by atoms with Gasteiger partial charge in [0.2, 0.25) is 0 Å². The second kappa shape index (κ2) is 20.1. The second-order valence-electron chi connectivity index (χ2n) is 14.4. The van der Waals surface area contributed by atoms with E-state index in [9.17, 15) is 14.4 Å². The summed E-state index contributed by atoms with van der Waals surface area (Å²) in [6, 6.07) is 21.7. The van der Waals surface area contributed by atoms with Gasteiger partial charge in [0.25, 0.3) is 0 Å². The van der Waals surface area contributed by atoms with E-state index >= 15 is 0 Å². The maximum absolute atomic E-state index is 13.5. The topological polar surface area (TPSA) is 133 Å². The molecule has 302 valence electrons. The van der Waals surface area contributed by atoms with Gasteiger partial charge in [-0.15, -0.1) is 0 Å². The van der Waals surface area contributed by atoms with Crippen LogP contribution in [-0.4, -0.2) is 116 Å². The molecule has 0 bridgehead atoms. The quantitative estimate of drug-likeness (QED) is 0.128. The van der Waals surface area contributed by atoms with Crippen LogP contribution in [0.4, 0.5) is 4.79 Å². The molecule has 58 heavy (non-hydrogen) atoms. The summed E-state index contributed by atoms with van der Waals surface area (Å²) >= 11 is 0. The fourth-order valence-corrected chi connectivity index (χ4v) is 5.96. The van der Waals surface area contributed by atoms with Crippen molar-refractivity contribution in [3.63, 3.8) is 0 Å². The minimum absolute atomic E-state index is 0.141. The molecule has 1 saturated heterocycles. The minimum atomic E-state index is -0.683. The summed E-state index contributed by atoms with van der Waals surface area (Å²) in [4.78, 5) is 54.2. The summed E-state index contributed by atoms with van der Waals surface area (Å²) in [5, 5.41) is 0. The van der Waals surface area contributed by atoms with Gasteiger partial charge < -0.3 is 28.6 Å². The number of pyridine rings is 2. The van der Waals surface area contributed by atoms with Crippen molar-refractivity contribution >= 4 is 18.0 Å². The predicted molar refractivity (Wildman–Crippen MR) is 217 cm³/mol. The number of nitrogens with zero attached hydrogens (tertiary/aromatic N) is 5. The van der Waals surface area contributed by atoms with E-state index in [0.29, 0.717) is 74.9 Å². The van der Waals surface area contributed by atoms with Gasteiger partial charge in [-0.3, -0.25) is 9.80 Å². The Morgan fingerprint density at radius 3 is 1.31 bits per heavy atom. The summed E-state index contributed by atoms with van der Waals surface area (Å²) in [5.41, 5.74) is 3.60. The molecule has 13 heteroatoms. The van der Waals surface area contributed by atoms with Gasteiger partial charge in [0, 0.05) is 74.6 Å². The third-order valence-electron chi connectivity index (χ3n) is 8.96. The number of benzene rings is 2. The van der Waals surface area contributed by atoms with Gasteiger partial charge >= 0.3 is 18.0 Å². The highest BCUT2D eigenvalue weighted by Gasteiger charge is 2.26. The molecule has 1 aliphatic rings. The Morgan fingerprint density at radius 1 is 0.569 bits per heavy atom. The number of carbonyl (C=O) groups excluding carboxylic acids is 3. The summed E-state index contributed by atoms with van der Waals surface area (Å²) in [6.45, 7) is 9.20. The number of esters is 2. The van der Waals surface area contributed by atoms with Crippen LogP contribution in [0.5, 0.6) is 11.5 Å². The van der Waals surface area contributed by atoms with Crippen molar-refractivity contribution in [2.24, 2.45) is 0 Å². The Morgan fingerprint density at radius 2 is 0.948 bits per heavy atom. The number of rotatable bonds is 8. The minimum Gasteiger partial charge on any atom is -0.497 e. The molecule has 1 aliphatic heterocycles. The van der Waals surface area contributed by atoms with E-state index in [1.807, 2.05) is 81.4 Å². The molecule has 0 atom stereocenters. The largest absolute Gasteiger partial charge is 0.497 e. The third kappa shape index (κ3) is 12.8. The van der Waals surface area contributed by atoms with Gasteiger partial charge in [0.05, 0.1) is 39.8 Å². The molecular weight excluding hydrogens is 739 g/mol. The van der Waals surface area contributed by atoms with E-state index in [1.54, 1.807) is 31.3 Å². The lowest BCUT2D eigenvalue weighted by Crippen LogP contribution is -2.42. The Kier molecular flexibility index (Phi) is 14.8. The summed E-state index contributed by atoms with van der Waals surface area (Å²) in [6.07, 6.45) is -0.418. The van der Waals surface area contributed by atoms with E-state index in [2.05, 4.69) is 43.4 Å². The highest BCUT2D eigenvalue weighted by atomic mass is 16.6. The van der Waals surface area contributed by atoms with E-state index in [-0.39, 0.29) is 11.4 Å². The van der Waals surface area contributed by atoms with Crippen LogP contribution in [0.3, 0.4) is 0 Å². The Labute approximate surface area is 340 Å². The van der Waals surface area contributed by atoms with Gasteiger partial charge in [0.1, 0.15) is 28.5 Å². The van der Waals surface area contributed by atoms with E-state index in [1.165, 1.54) is 14.2 Å². The fraction of sp³-hybridized carbons (Fsp3) is 0.356. The Bertz CT molecular complexity index is 2050. The van der Waals surface area contributed by atoms with Crippen molar-refractivity contribution in [2.45, 2.75) is 39.5 Å². The van der Waals surface area contributed by atoms with Crippen molar-refractivity contribution in [3.8, 4) is 35.2 Å². The first-order valence-corrected chi connectivity index (χ1v) is 18.8. The number of methoxy groups -OCH3 is 4. The van der Waals surface area contributed by atoms with Crippen molar-refractivity contribution in [1.29, 1.82) is 0 Å². The third-order valence-corrected chi connectivity index (χ3v) is 8.96. The number of ether oxygens (including phenoxy) is 5. The number of hydrogen-bond donors (Lipinski definition) is 0. The standard InChI is InChI=1S/C45H49N5O8/c1-45(2,3)58-44(53)50-24-22-48(30-36-26-34(28-40(46-36)42(51)56-6)10-8-32-12-16-38(54-4)17-13-32)20-21-49(23-25-50)31-37-27-35(29-41(47-37)43(52)57-7)11-9-33-14-18-39(55-5)19-15-33/h12-19,26-29H,20-25,30-31H2,1-7H3. The lowest BCUT2D eigenvalue weighted by Gasteiger charge is -2.29. The second-order valence-corrected chi connectivity index (χ2v) is 14.4. The average Bonchev–Trinajstić information content (AvgIpc) is 3.31. The van der Waals surface area contributed by atoms with Crippen LogP contribution < -0.4 is 9.47 Å². The van der Waals surface area contributed by atoms with Crippen molar-refractivity contribution in [2.75, 3.05) is 67.7 Å². The van der Waals surface area contributed by atoms with E-state index in [4.69, 9.17) is 23.7 Å². The smallest absolute Gasteiger partial charge is 0.410 e. The highest BCUT2D eigenvalue weighted by Crippen LogP contribution is 2.17. The Balaban J connectivity index is 1.43. The SMILES string of the molecule is COC(=O)c1cc(C#Cc2ccc(OC)cc2)cc(CN2CCN(Cc3cc(C#Cc4ccc(OC)cc4)cc(C(=O)OC)n3)CCN(C(=O)OC(C)(C)C)CC2)n1. The molecule has 2 aromatic carbocycles. The number of carbonyl (C=O) groups is 3. The maximum Gasteiger partial charge on any atom is 0.410 e. The van der Waals surface area contributed by atoms with Crippen LogP contribution in [-0.2, 0) is 27.3 Å². The number of hydrogen-bond acceptors (Lipinski definition) is 12. The zero-order chi connectivity index (χ0) is 41.7. The van der Waals surface area contributed by atoms with Crippen molar-refractivity contribution in [3.05, 3.63) is 118 Å². The van der Waals surface area contributed by atoms with E-state index < -0.39 is 23.6 Å². The summed E-state index contributed by atoms with van der Waals surface area (Å²) in [7, 11) is 5.84. The highest BCUT2D eigenvalue weighted by molar-refractivity contribution is 5.88. The van der Waals surface area contributed by atoms with Crippen LogP contribution in [0, 0.1) is 23.7 Å². The molecule has 1 fully saturated rings.